The third kappa shape index (κ3) is 11.3. The van der Waals surface area contributed by atoms with Crippen LogP contribution in [0.25, 0.3) is 43.8 Å². The Morgan fingerprint density at radius 3 is 1.28 bits per heavy atom. The summed E-state index contributed by atoms with van der Waals surface area (Å²) < 4.78 is 1.69. The first-order valence-electron chi connectivity index (χ1n) is 17.0. The van der Waals surface area contributed by atoms with Crippen LogP contribution in [-0.4, -0.2) is 3.21 Å². The summed E-state index contributed by atoms with van der Waals surface area (Å²) in [5.41, 5.74) is 7.63. The van der Waals surface area contributed by atoms with Gasteiger partial charge in [0.05, 0.1) is 0 Å². The monoisotopic (exact) mass is 820 g/mol. The van der Waals surface area contributed by atoms with E-state index in [1.54, 1.807) is 27.4 Å². The van der Waals surface area contributed by atoms with Crippen LogP contribution in [0.4, 0.5) is 0 Å². The van der Waals surface area contributed by atoms with Gasteiger partial charge in [-0.2, -0.15) is 6.08 Å². The van der Waals surface area contributed by atoms with Crippen LogP contribution < -0.4 is 24.8 Å². The van der Waals surface area contributed by atoms with Crippen molar-refractivity contribution in [2.24, 2.45) is 11.8 Å². The van der Waals surface area contributed by atoms with Gasteiger partial charge in [0.1, 0.15) is 0 Å². The molecule has 0 atom stereocenters. The molecule has 0 bridgehead atoms. The van der Waals surface area contributed by atoms with Gasteiger partial charge in [-0.15, -0.1) is 46.2 Å². The predicted molar refractivity (Wildman–Crippen MR) is 212 cm³/mol. The fourth-order valence-corrected chi connectivity index (χ4v) is 6.34. The average molecular weight is 824 g/mol. The Morgan fingerprint density at radius 2 is 1.04 bits per heavy atom. The summed E-state index contributed by atoms with van der Waals surface area (Å²) in [6.45, 7) is 22.8. The molecule has 0 saturated heterocycles. The summed E-state index contributed by atoms with van der Waals surface area (Å²) >= 11 is 14.0. The van der Waals surface area contributed by atoms with Gasteiger partial charge in [-0.1, -0.05) is 101 Å². The number of rotatable bonds is 4. The number of allylic oxidation sites excluding steroid dienone is 4. The third-order valence-electron chi connectivity index (χ3n) is 8.74. The Morgan fingerprint density at radius 1 is 0.660 bits per heavy atom. The second-order valence-corrected chi connectivity index (χ2v) is 17.7. The van der Waals surface area contributed by atoms with Crippen molar-refractivity contribution in [1.82, 2.24) is 0 Å². The normalized spacial score (nSPS) is 12.3. The van der Waals surface area contributed by atoms with Gasteiger partial charge in [0.25, 0.3) is 0 Å². The molecule has 0 aromatic heterocycles. The van der Waals surface area contributed by atoms with Crippen LogP contribution >= 0.6 is 23.2 Å². The maximum Gasteiger partial charge on any atom is -0.109 e. The molecule has 264 valence electrons. The summed E-state index contributed by atoms with van der Waals surface area (Å²) in [6.07, 6.45) is 10.0. The first-order valence-corrected chi connectivity index (χ1v) is 19.0. The smallest absolute Gasteiger partial charge is 0.109 e. The molecule has 0 aliphatic heterocycles. The first-order chi connectivity index (χ1) is 22.5. The van der Waals surface area contributed by atoms with Crippen LogP contribution in [-0.2, 0) is 35.1 Å². The van der Waals surface area contributed by atoms with E-state index in [1.807, 2.05) is 36.4 Å². The van der Waals surface area contributed by atoms with E-state index in [2.05, 4.69) is 136 Å². The van der Waals surface area contributed by atoms with E-state index in [4.69, 9.17) is 23.2 Å². The molecule has 0 spiro atoms. The zero-order valence-electron chi connectivity index (χ0n) is 31.1. The van der Waals surface area contributed by atoms with E-state index >= 15 is 0 Å². The molecule has 0 fully saturated rings. The Hall–Kier alpha value is -1.86. The van der Waals surface area contributed by atoms with E-state index in [0.717, 1.165) is 28.3 Å². The van der Waals surface area contributed by atoms with E-state index in [1.165, 1.54) is 54.9 Å². The van der Waals surface area contributed by atoms with Crippen LogP contribution in [0, 0.1) is 17.9 Å². The van der Waals surface area contributed by atoms with Gasteiger partial charge in [-0.3, -0.25) is 6.08 Å². The second-order valence-electron chi connectivity index (χ2n) is 15.4. The molecule has 5 heteroatoms. The topological polar surface area (TPSA) is 0 Å². The van der Waals surface area contributed by atoms with Crippen LogP contribution in [0.3, 0.4) is 0 Å². The zero-order valence-corrected chi connectivity index (χ0v) is 36.6. The molecule has 0 saturated carbocycles. The largest absolute Gasteiger partial charge is 1.00 e. The zero-order chi connectivity index (χ0) is 35.4. The van der Waals surface area contributed by atoms with Gasteiger partial charge in [-0.25, -0.2) is 12.2 Å². The van der Waals surface area contributed by atoms with Crippen LogP contribution in [0.5, 0.6) is 0 Å². The van der Waals surface area contributed by atoms with Crippen molar-refractivity contribution in [2.75, 3.05) is 0 Å². The standard InChI is InChI=1S/C33H31Cl2.C7H14.C5H5.2ClH.Zr/c1-32(2,3)30-18-26-22(16-28(30)20-7-11-24(34)12-8-20)15-23-17-29(21-9-13-25(35)14-10-21)31(19-27(23)26)33(4,5)6;1-6(2)5-7(3)4;1-2-4-5-3-1;;;/h7-19H,1-6H3;6-7H,1-4H3;1-3H,4H2;2*1H;/q-1;;-1;;;+2/p-2. The van der Waals surface area contributed by atoms with Crippen molar-refractivity contribution in [3.8, 4) is 22.3 Å². The molecule has 0 heterocycles. The summed E-state index contributed by atoms with van der Waals surface area (Å²) in [5, 5.41) is 6.69. The van der Waals surface area contributed by atoms with Gasteiger partial charge in [-0.05, 0) is 68.5 Å². The number of halogens is 4. The molecule has 6 rings (SSSR count). The summed E-state index contributed by atoms with van der Waals surface area (Å²) in [6, 6.07) is 28.3. The molecule has 0 N–H and O–H groups in total. The molecule has 0 nitrogen and oxygen atoms in total. The van der Waals surface area contributed by atoms with Crippen LogP contribution in [0.1, 0.15) is 86.8 Å². The maximum atomic E-state index is 6.20. The van der Waals surface area contributed by atoms with E-state index in [9.17, 15) is 0 Å². The fourth-order valence-electron chi connectivity index (χ4n) is 6.09. The van der Waals surface area contributed by atoms with E-state index in [0.29, 0.717) is 0 Å². The molecular formula is C45H50Cl4Zr-2. The SMILES string of the molecule is CC(C)(C)c1cc2c(cc1-c1ccc(Cl)cc1)[cH-]c1cc(-c3ccc(Cl)cc3)c(C(C)(C)C)cc12.CC(C)[C](=[Zr+2])C(C)C.[C-]1=CC=CC1.[Cl-].[Cl-]. The van der Waals surface area contributed by atoms with Gasteiger partial charge in [0, 0.05) is 10.0 Å². The average Bonchev–Trinajstić information content (AvgIpc) is 3.71. The molecule has 1 aliphatic rings. The van der Waals surface area contributed by atoms with Gasteiger partial charge in [0.15, 0.2) is 0 Å². The Kier molecular flexibility index (Phi) is 16.6. The molecular weight excluding hydrogens is 774 g/mol. The van der Waals surface area contributed by atoms with E-state index < -0.39 is 0 Å². The molecule has 50 heavy (non-hydrogen) atoms. The number of fused-ring (bicyclic) bond motifs is 3. The predicted octanol–water partition coefficient (Wildman–Crippen LogP) is 8.28. The fraction of sp³-hybridized carbons (Fsp3) is 0.333. The van der Waals surface area contributed by atoms with Gasteiger partial charge in [0.2, 0.25) is 0 Å². The molecule has 0 radical (unpaired) electrons. The molecule has 5 aromatic carbocycles. The third-order valence-corrected chi connectivity index (χ3v) is 12.1. The van der Waals surface area contributed by atoms with Crippen LogP contribution in [0.15, 0.2) is 97.1 Å². The molecule has 0 unspecified atom stereocenters. The quantitative estimate of drug-likeness (QED) is 0.160. The minimum Gasteiger partial charge on any atom is -1.00 e. The Labute approximate surface area is 339 Å². The first kappa shape index (κ1) is 44.3. The van der Waals surface area contributed by atoms with Crippen molar-refractivity contribution in [2.45, 2.75) is 86.5 Å². The number of benzene rings is 4. The van der Waals surface area contributed by atoms with Crippen molar-refractivity contribution < 1.29 is 49.0 Å². The molecule has 1 aliphatic carbocycles. The Bertz CT molecular complexity index is 1790. The van der Waals surface area contributed by atoms with Crippen molar-refractivity contribution in [3.05, 3.63) is 124 Å². The number of hydrogen-bond acceptors (Lipinski definition) is 0. The minimum absolute atomic E-state index is 0. The number of hydrogen-bond donors (Lipinski definition) is 0. The molecule has 0 amide bonds. The second kappa shape index (κ2) is 18.8. The van der Waals surface area contributed by atoms with Crippen LogP contribution in [0.2, 0.25) is 10.0 Å². The molecule has 5 aromatic rings. The summed E-state index contributed by atoms with van der Waals surface area (Å²) in [4.78, 5) is 0. The summed E-state index contributed by atoms with van der Waals surface area (Å²) in [5.74, 6) is 1.60. The Balaban J connectivity index is 0.000000489. The maximum absolute atomic E-state index is 6.20. The van der Waals surface area contributed by atoms with Gasteiger partial charge < -0.3 is 24.8 Å². The van der Waals surface area contributed by atoms with Gasteiger partial charge >= 0.3 is 67.0 Å². The minimum atomic E-state index is 0. The van der Waals surface area contributed by atoms with Crippen molar-refractivity contribution in [3.63, 3.8) is 0 Å². The van der Waals surface area contributed by atoms with Crippen molar-refractivity contribution >= 4 is 48.0 Å². The van der Waals surface area contributed by atoms with Crippen molar-refractivity contribution in [1.29, 1.82) is 0 Å². The van der Waals surface area contributed by atoms with E-state index in [-0.39, 0.29) is 35.6 Å². The summed E-state index contributed by atoms with van der Waals surface area (Å²) in [7, 11) is 0.